The van der Waals surface area contributed by atoms with Gasteiger partial charge in [0.1, 0.15) is 5.52 Å². The lowest BCUT2D eigenvalue weighted by Gasteiger charge is -2.22. The van der Waals surface area contributed by atoms with Crippen molar-refractivity contribution in [3.05, 3.63) is 22.7 Å². The third-order valence-electron chi connectivity index (χ3n) is 3.33. The molecule has 3 rings (SSSR count). The maximum Gasteiger partial charge on any atom is 0.241 e. The standard InChI is InChI=1S/C13H14ClN3OS/c14-8-4-5-10-12(16-7-19-10)11(8)17-13(18)9-3-1-2-6-15-9/h4-5,7,9,15H,1-3,6H2,(H,17,18)/t9-/m1/s1. The lowest BCUT2D eigenvalue weighted by atomic mass is 10.0. The molecule has 0 spiro atoms. The molecule has 1 aromatic carbocycles. The Hall–Kier alpha value is -1.17. The average Bonchev–Trinajstić information content (AvgIpc) is 2.91. The van der Waals surface area contributed by atoms with Crippen LogP contribution in [0.2, 0.25) is 5.02 Å². The summed E-state index contributed by atoms with van der Waals surface area (Å²) in [6, 6.07) is 3.59. The predicted octanol–water partition coefficient (Wildman–Crippen LogP) is 3.03. The molecule has 0 bridgehead atoms. The van der Waals surface area contributed by atoms with Gasteiger partial charge in [0, 0.05) is 0 Å². The van der Waals surface area contributed by atoms with Crippen LogP contribution < -0.4 is 10.6 Å². The number of nitrogens with one attached hydrogen (secondary N) is 2. The first-order valence-electron chi connectivity index (χ1n) is 6.31. The van der Waals surface area contributed by atoms with E-state index >= 15 is 0 Å². The van der Waals surface area contributed by atoms with Gasteiger partial charge in [-0.15, -0.1) is 11.3 Å². The quantitative estimate of drug-likeness (QED) is 0.895. The van der Waals surface area contributed by atoms with Gasteiger partial charge in [-0.1, -0.05) is 18.0 Å². The zero-order valence-electron chi connectivity index (χ0n) is 10.3. The zero-order valence-corrected chi connectivity index (χ0v) is 11.9. The Kier molecular flexibility index (Phi) is 3.68. The number of carbonyl (C=O) groups excluding carboxylic acids is 1. The largest absolute Gasteiger partial charge is 0.322 e. The number of hydrogen-bond donors (Lipinski definition) is 2. The second-order valence-electron chi connectivity index (χ2n) is 4.61. The van der Waals surface area contributed by atoms with Crippen molar-refractivity contribution in [3.63, 3.8) is 0 Å². The fourth-order valence-electron chi connectivity index (χ4n) is 2.31. The van der Waals surface area contributed by atoms with Crippen LogP contribution in [-0.2, 0) is 4.79 Å². The van der Waals surface area contributed by atoms with Gasteiger partial charge in [0.2, 0.25) is 5.91 Å². The first kappa shape index (κ1) is 12.8. The highest BCUT2D eigenvalue weighted by Crippen LogP contribution is 2.32. The van der Waals surface area contributed by atoms with Crippen LogP contribution in [0.1, 0.15) is 19.3 Å². The molecule has 1 aromatic heterocycles. The summed E-state index contributed by atoms with van der Waals surface area (Å²) in [6.45, 7) is 0.896. The fraction of sp³-hybridized carbons (Fsp3) is 0.385. The minimum Gasteiger partial charge on any atom is -0.322 e. The van der Waals surface area contributed by atoms with Gasteiger partial charge in [-0.2, -0.15) is 0 Å². The van der Waals surface area contributed by atoms with E-state index in [2.05, 4.69) is 15.6 Å². The van der Waals surface area contributed by atoms with Gasteiger partial charge in [0.15, 0.2) is 0 Å². The first-order chi connectivity index (χ1) is 9.25. The van der Waals surface area contributed by atoms with Crippen molar-refractivity contribution in [1.82, 2.24) is 10.3 Å². The lowest BCUT2D eigenvalue weighted by Crippen LogP contribution is -2.43. The average molecular weight is 296 g/mol. The molecule has 0 unspecified atom stereocenters. The molecule has 6 heteroatoms. The molecule has 1 fully saturated rings. The van der Waals surface area contributed by atoms with E-state index in [9.17, 15) is 4.79 Å². The third-order valence-corrected chi connectivity index (χ3v) is 4.44. The molecular formula is C13H14ClN3OS. The van der Waals surface area contributed by atoms with Gasteiger partial charge in [-0.25, -0.2) is 4.98 Å². The van der Waals surface area contributed by atoms with Crippen LogP contribution in [0, 0.1) is 0 Å². The van der Waals surface area contributed by atoms with Gasteiger partial charge in [0.25, 0.3) is 0 Å². The highest BCUT2D eigenvalue weighted by molar-refractivity contribution is 7.16. The van der Waals surface area contributed by atoms with E-state index < -0.39 is 0 Å². The van der Waals surface area contributed by atoms with E-state index in [0.29, 0.717) is 10.7 Å². The molecule has 1 saturated heterocycles. The maximum absolute atomic E-state index is 12.2. The van der Waals surface area contributed by atoms with E-state index in [0.717, 1.165) is 36.0 Å². The Morgan fingerprint density at radius 1 is 1.47 bits per heavy atom. The van der Waals surface area contributed by atoms with Crippen LogP contribution >= 0.6 is 22.9 Å². The second-order valence-corrected chi connectivity index (χ2v) is 5.91. The van der Waals surface area contributed by atoms with Gasteiger partial charge in [0.05, 0.1) is 27.0 Å². The molecule has 1 aliphatic heterocycles. The summed E-state index contributed by atoms with van der Waals surface area (Å²) in [6.07, 6.45) is 3.09. The number of rotatable bonds is 2. The number of nitrogens with zero attached hydrogens (tertiary/aromatic N) is 1. The fourth-order valence-corrected chi connectivity index (χ4v) is 3.20. The molecule has 1 aliphatic rings. The van der Waals surface area contributed by atoms with E-state index in [4.69, 9.17) is 11.6 Å². The highest BCUT2D eigenvalue weighted by Gasteiger charge is 2.22. The summed E-state index contributed by atoms with van der Waals surface area (Å²) in [5.74, 6) is -0.0258. The molecule has 19 heavy (non-hydrogen) atoms. The molecule has 0 aliphatic carbocycles. The molecule has 4 nitrogen and oxygen atoms in total. The van der Waals surface area contributed by atoms with E-state index in [1.54, 1.807) is 11.6 Å². The van der Waals surface area contributed by atoms with E-state index in [1.807, 2.05) is 6.07 Å². The van der Waals surface area contributed by atoms with Crippen LogP contribution in [0.15, 0.2) is 17.6 Å². The molecule has 2 N–H and O–H groups in total. The highest BCUT2D eigenvalue weighted by atomic mass is 35.5. The van der Waals surface area contributed by atoms with Crippen LogP contribution in [0.25, 0.3) is 10.2 Å². The number of anilines is 1. The van der Waals surface area contributed by atoms with Crippen molar-refractivity contribution >= 4 is 44.7 Å². The number of benzene rings is 1. The van der Waals surface area contributed by atoms with Crippen molar-refractivity contribution in [1.29, 1.82) is 0 Å². The summed E-state index contributed by atoms with van der Waals surface area (Å²) in [5.41, 5.74) is 3.15. The summed E-state index contributed by atoms with van der Waals surface area (Å²) >= 11 is 7.71. The summed E-state index contributed by atoms with van der Waals surface area (Å²) in [5, 5.41) is 6.68. The normalized spacial score (nSPS) is 19.5. The van der Waals surface area contributed by atoms with Crippen LogP contribution in [0.4, 0.5) is 5.69 Å². The summed E-state index contributed by atoms with van der Waals surface area (Å²) in [4.78, 5) is 16.5. The Morgan fingerprint density at radius 2 is 2.37 bits per heavy atom. The third kappa shape index (κ3) is 2.59. The first-order valence-corrected chi connectivity index (χ1v) is 7.57. The lowest BCUT2D eigenvalue weighted by molar-refractivity contribution is -0.118. The van der Waals surface area contributed by atoms with Crippen molar-refractivity contribution in [2.45, 2.75) is 25.3 Å². The molecule has 1 atom stereocenters. The van der Waals surface area contributed by atoms with Crippen LogP contribution in [0.3, 0.4) is 0 Å². The minimum atomic E-state index is -0.126. The number of aromatic nitrogens is 1. The smallest absolute Gasteiger partial charge is 0.241 e. The Balaban J connectivity index is 1.86. The minimum absolute atomic E-state index is 0.0258. The topological polar surface area (TPSA) is 54.0 Å². The summed E-state index contributed by atoms with van der Waals surface area (Å²) in [7, 11) is 0. The van der Waals surface area contributed by atoms with E-state index in [1.165, 1.54) is 11.3 Å². The second kappa shape index (κ2) is 5.45. The summed E-state index contributed by atoms with van der Waals surface area (Å²) < 4.78 is 1.02. The molecule has 0 saturated carbocycles. The molecule has 2 aromatic rings. The monoisotopic (exact) mass is 295 g/mol. The Labute approximate surface area is 120 Å². The number of fused-ring (bicyclic) bond motifs is 1. The molecule has 2 heterocycles. The Bertz CT molecular complexity index is 607. The van der Waals surface area contributed by atoms with Gasteiger partial charge >= 0.3 is 0 Å². The SMILES string of the molecule is O=C(Nc1c(Cl)ccc2scnc12)[C@H]1CCCCN1. The number of halogens is 1. The maximum atomic E-state index is 12.2. The van der Waals surface area contributed by atoms with Crippen molar-refractivity contribution in [2.24, 2.45) is 0 Å². The van der Waals surface area contributed by atoms with Gasteiger partial charge in [-0.3, -0.25) is 4.79 Å². The van der Waals surface area contributed by atoms with Crippen LogP contribution in [0.5, 0.6) is 0 Å². The molecule has 100 valence electrons. The number of thiazole rings is 1. The molecular weight excluding hydrogens is 282 g/mol. The molecule has 0 radical (unpaired) electrons. The number of carbonyl (C=O) groups is 1. The molecule has 1 amide bonds. The van der Waals surface area contributed by atoms with Crippen molar-refractivity contribution in [2.75, 3.05) is 11.9 Å². The van der Waals surface area contributed by atoms with E-state index in [-0.39, 0.29) is 11.9 Å². The number of piperidine rings is 1. The van der Waals surface area contributed by atoms with Gasteiger partial charge in [-0.05, 0) is 31.5 Å². The van der Waals surface area contributed by atoms with Crippen molar-refractivity contribution < 1.29 is 4.79 Å². The zero-order chi connectivity index (χ0) is 13.2. The predicted molar refractivity (Wildman–Crippen MR) is 78.9 cm³/mol. The van der Waals surface area contributed by atoms with Crippen molar-refractivity contribution in [3.8, 4) is 0 Å². The van der Waals surface area contributed by atoms with Gasteiger partial charge < -0.3 is 10.6 Å². The number of amides is 1. The Morgan fingerprint density at radius 3 is 3.16 bits per heavy atom. The number of hydrogen-bond acceptors (Lipinski definition) is 4. The van der Waals surface area contributed by atoms with Crippen LogP contribution in [-0.4, -0.2) is 23.5 Å².